The third-order valence-corrected chi connectivity index (χ3v) is 2.85. The summed E-state index contributed by atoms with van der Waals surface area (Å²) in [7, 11) is 0. The quantitative estimate of drug-likeness (QED) is 0.552. The molecule has 0 nitrogen and oxygen atoms in total. The molecule has 22 heavy (non-hydrogen) atoms. The van der Waals surface area contributed by atoms with Crippen LogP contribution in [-0.4, -0.2) is 36.5 Å². The van der Waals surface area contributed by atoms with Gasteiger partial charge in [-0.15, -0.1) is 0 Å². The molecule has 0 aromatic carbocycles. The zero-order valence-electron chi connectivity index (χ0n) is 10.7. The molecule has 0 saturated carbocycles. The van der Waals surface area contributed by atoms with Crippen molar-refractivity contribution in [1.82, 2.24) is 0 Å². The first-order valence-corrected chi connectivity index (χ1v) is 5.61. The van der Waals surface area contributed by atoms with Crippen molar-refractivity contribution in [3.05, 3.63) is 0 Å². The fourth-order valence-electron chi connectivity index (χ4n) is 1.44. The lowest BCUT2D eigenvalue weighted by atomic mass is 9.91. The Bertz CT molecular complexity index is 354. The second-order valence-electron chi connectivity index (χ2n) is 4.68. The van der Waals surface area contributed by atoms with Crippen LogP contribution in [0.15, 0.2) is 0 Å². The Labute approximate surface area is 116 Å². The van der Waals surface area contributed by atoms with E-state index in [0.29, 0.717) is 0 Å². The maximum atomic E-state index is 13.1. The Hall–Kier alpha value is -0.840. The van der Waals surface area contributed by atoms with Gasteiger partial charge in [0.1, 0.15) is 0 Å². The van der Waals surface area contributed by atoms with Crippen molar-refractivity contribution >= 4 is 0 Å². The van der Waals surface area contributed by atoms with Gasteiger partial charge in [-0.25, -0.2) is 26.3 Å². The highest BCUT2D eigenvalue weighted by Crippen LogP contribution is 2.44. The van der Waals surface area contributed by atoms with Gasteiger partial charge in [0, 0.05) is 12.3 Å². The summed E-state index contributed by atoms with van der Waals surface area (Å²) in [6.07, 6.45) is -25.0. The Morgan fingerprint density at radius 3 is 1.36 bits per heavy atom. The molecule has 0 spiro atoms. The van der Waals surface area contributed by atoms with Crippen LogP contribution in [0, 0.1) is 5.92 Å². The summed E-state index contributed by atoms with van der Waals surface area (Å²) >= 11 is 0. The SMILES string of the molecule is CC(CCC(F)(F)C(F)C(F)(F)F)C(F)(F)C(F)C(F)(F)F. The van der Waals surface area contributed by atoms with Crippen LogP contribution in [0.5, 0.6) is 0 Å². The van der Waals surface area contributed by atoms with Crippen molar-refractivity contribution in [3.63, 3.8) is 0 Å². The number of alkyl halides is 12. The van der Waals surface area contributed by atoms with E-state index >= 15 is 0 Å². The lowest BCUT2D eigenvalue weighted by molar-refractivity contribution is -0.261. The van der Waals surface area contributed by atoms with Gasteiger partial charge in [0.2, 0.25) is 0 Å². The molecule has 0 amide bonds. The van der Waals surface area contributed by atoms with E-state index in [4.69, 9.17) is 0 Å². The normalized spacial score (nSPS) is 19.0. The summed E-state index contributed by atoms with van der Waals surface area (Å²) in [5.74, 6) is -12.9. The van der Waals surface area contributed by atoms with E-state index in [1.54, 1.807) is 0 Å². The predicted octanol–water partition coefficient (Wildman–Crippen LogP) is 5.47. The van der Waals surface area contributed by atoms with Crippen molar-refractivity contribution in [1.29, 1.82) is 0 Å². The highest BCUT2D eigenvalue weighted by atomic mass is 19.4. The lowest BCUT2D eigenvalue weighted by Crippen LogP contribution is -2.47. The summed E-state index contributed by atoms with van der Waals surface area (Å²) in [5.41, 5.74) is 0. The largest absolute Gasteiger partial charge is 0.425 e. The van der Waals surface area contributed by atoms with Crippen LogP contribution < -0.4 is 0 Å². The van der Waals surface area contributed by atoms with Crippen molar-refractivity contribution in [3.8, 4) is 0 Å². The van der Waals surface area contributed by atoms with Crippen LogP contribution in [0.3, 0.4) is 0 Å². The summed E-state index contributed by atoms with van der Waals surface area (Å²) in [6.45, 7) is 0.245. The number of halogens is 12. The molecule has 0 radical (unpaired) electrons. The Morgan fingerprint density at radius 1 is 0.682 bits per heavy atom. The Kier molecular flexibility index (Phi) is 6.10. The molecule has 0 fully saturated rings. The van der Waals surface area contributed by atoms with E-state index in [0.717, 1.165) is 0 Å². The summed E-state index contributed by atoms with van der Waals surface area (Å²) < 4.78 is 148. The van der Waals surface area contributed by atoms with E-state index in [9.17, 15) is 52.7 Å². The average Bonchev–Trinajstić information content (AvgIpc) is 2.31. The lowest BCUT2D eigenvalue weighted by Gasteiger charge is -2.29. The van der Waals surface area contributed by atoms with Crippen molar-refractivity contribution in [2.24, 2.45) is 5.92 Å². The summed E-state index contributed by atoms with van der Waals surface area (Å²) in [6, 6.07) is 0. The minimum atomic E-state index is -5.98. The molecule has 0 aromatic rings. The molecule has 0 saturated heterocycles. The van der Waals surface area contributed by atoms with E-state index in [1.165, 1.54) is 0 Å². The topological polar surface area (TPSA) is 0 Å². The molecule has 0 aliphatic heterocycles. The third kappa shape index (κ3) is 5.11. The Morgan fingerprint density at radius 2 is 1.05 bits per heavy atom. The van der Waals surface area contributed by atoms with Gasteiger partial charge in [-0.2, -0.15) is 26.3 Å². The van der Waals surface area contributed by atoms with Crippen LogP contribution in [0.25, 0.3) is 0 Å². The van der Waals surface area contributed by atoms with Crippen LogP contribution in [-0.2, 0) is 0 Å². The molecule has 0 aromatic heterocycles. The molecule has 3 atom stereocenters. The molecule has 0 rings (SSSR count). The van der Waals surface area contributed by atoms with Gasteiger partial charge < -0.3 is 0 Å². The smallest absolute Gasteiger partial charge is 0.231 e. The van der Waals surface area contributed by atoms with Gasteiger partial charge in [-0.1, -0.05) is 6.92 Å². The van der Waals surface area contributed by atoms with Gasteiger partial charge in [0.25, 0.3) is 24.2 Å². The Balaban J connectivity index is 4.91. The molecule has 0 aliphatic rings. The number of hydrogen-bond donors (Lipinski definition) is 0. The zero-order valence-corrected chi connectivity index (χ0v) is 10.7. The molecule has 134 valence electrons. The maximum absolute atomic E-state index is 13.1. The molecule has 0 bridgehead atoms. The predicted molar refractivity (Wildman–Crippen MR) is 50.2 cm³/mol. The first kappa shape index (κ1) is 21.2. The maximum Gasteiger partial charge on any atom is 0.425 e. The number of rotatable bonds is 6. The van der Waals surface area contributed by atoms with E-state index in [-0.39, 0.29) is 6.92 Å². The molecule has 12 heteroatoms. The first-order valence-electron chi connectivity index (χ1n) is 5.61. The second kappa shape index (κ2) is 6.34. The molecule has 0 N–H and O–H groups in total. The fourth-order valence-corrected chi connectivity index (χ4v) is 1.44. The van der Waals surface area contributed by atoms with E-state index in [2.05, 4.69) is 0 Å². The fraction of sp³-hybridized carbons (Fsp3) is 1.00. The standard InChI is InChI=1S/C10H10F12/c1-4(8(15,16)6(12)10(20,21)22)2-3-7(13,14)5(11)9(17,18)19/h4-6H,2-3H2,1H3. The van der Waals surface area contributed by atoms with Gasteiger partial charge >= 0.3 is 12.4 Å². The molecule has 0 heterocycles. The van der Waals surface area contributed by atoms with Crippen molar-refractivity contribution in [2.45, 2.75) is 56.3 Å². The van der Waals surface area contributed by atoms with Gasteiger partial charge in [0.05, 0.1) is 0 Å². The van der Waals surface area contributed by atoms with Gasteiger partial charge in [-0.05, 0) is 6.42 Å². The van der Waals surface area contributed by atoms with Gasteiger partial charge in [0.15, 0.2) is 0 Å². The monoisotopic (exact) mass is 358 g/mol. The minimum Gasteiger partial charge on any atom is -0.231 e. The summed E-state index contributed by atoms with van der Waals surface area (Å²) in [4.78, 5) is 0. The molecule has 0 aliphatic carbocycles. The minimum absolute atomic E-state index is 0.245. The molecular formula is C10H10F12. The van der Waals surface area contributed by atoms with Crippen LogP contribution in [0.1, 0.15) is 19.8 Å². The van der Waals surface area contributed by atoms with Crippen LogP contribution in [0.4, 0.5) is 52.7 Å². The summed E-state index contributed by atoms with van der Waals surface area (Å²) in [5, 5.41) is 0. The highest BCUT2D eigenvalue weighted by Gasteiger charge is 2.60. The zero-order chi connectivity index (χ0) is 18.1. The average molecular weight is 358 g/mol. The first-order chi connectivity index (χ1) is 9.44. The van der Waals surface area contributed by atoms with Gasteiger partial charge in [-0.3, -0.25) is 0 Å². The molecular weight excluding hydrogens is 348 g/mol. The van der Waals surface area contributed by atoms with Crippen molar-refractivity contribution in [2.75, 3.05) is 0 Å². The van der Waals surface area contributed by atoms with Crippen LogP contribution >= 0.6 is 0 Å². The van der Waals surface area contributed by atoms with E-state index < -0.39 is 55.3 Å². The molecule has 3 unspecified atom stereocenters. The third-order valence-electron chi connectivity index (χ3n) is 2.85. The highest BCUT2D eigenvalue weighted by molar-refractivity contribution is 4.89. The second-order valence-corrected chi connectivity index (χ2v) is 4.68. The van der Waals surface area contributed by atoms with Crippen molar-refractivity contribution < 1.29 is 52.7 Å². The number of hydrogen-bond acceptors (Lipinski definition) is 0. The van der Waals surface area contributed by atoms with Crippen LogP contribution in [0.2, 0.25) is 0 Å². The van der Waals surface area contributed by atoms with E-state index in [1.807, 2.05) is 0 Å².